The lowest BCUT2D eigenvalue weighted by Crippen LogP contribution is -1.94. The van der Waals surface area contributed by atoms with E-state index in [1.54, 1.807) is 0 Å². The average Bonchev–Trinajstić information content (AvgIpc) is 1.66. The molecule has 0 aromatic heterocycles. The van der Waals surface area contributed by atoms with Crippen molar-refractivity contribution >= 4 is 5.97 Å². The Morgan fingerprint density at radius 1 is 1.75 bits per heavy atom. The summed E-state index contributed by atoms with van der Waals surface area (Å²) in [6.45, 7) is 3.57. The lowest BCUT2D eigenvalue weighted by Gasteiger charge is -1.89. The molecule has 0 unspecified atom stereocenters. The molecule has 46 valence electrons. The highest BCUT2D eigenvalue weighted by atomic mass is 16.4. The summed E-state index contributed by atoms with van der Waals surface area (Å²) >= 11 is 0. The molecule has 0 saturated heterocycles. The van der Waals surface area contributed by atoms with Crippen LogP contribution in [-0.4, -0.2) is 11.1 Å². The van der Waals surface area contributed by atoms with Crippen molar-refractivity contribution < 1.29 is 9.90 Å². The van der Waals surface area contributed by atoms with E-state index in [0.29, 0.717) is 6.42 Å². The summed E-state index contributed by atoms with van der Waals surface area (Å²) in [6.07, 6.45) is 3.57. The first-order valence-corrected chi connectivity index (χ1v) is 2.62. The fourth-order valence-corrected chi connectivity index (χ4v) is 0.370. The van der Waals surface area contributed by atoms with Crippen LogP contribution in [0.25, 0.3) is 0 Å². The van der Waals surface area contributed by atoms with Crippen LogP contribution in [0.1, 0.15) is 19.3 Å². The summed E-state index contributed by atoms with van der Waals surface area (Å²) in [5.74, 6) is -0.835. The molecule has 0 aliphatic heterocycles. The first-order valence-electron chi connectivity index (χ1n) is 2.62. The summed E-state index contributed by atoms with van der Waals surface area (Å²) in [4.78, 5) is 9.80. The quantitative estimate of drug-likeness (QED) is 0.559. The van der Waals surface area contributed by atoms with Crippen LogP contribution in [0.2, 0.25) is 0 Å². The van der Waals surface area contributed by atoms with Crippen LogP contribution < -0.4 is 0 Å². The molecule has 0 fully saturated rings. The molecule has 0 aromatic carbocycles. The van der Waals surface area contributed by atoms with E-state index in [0.717, 1.165) is 12.8 Å². The normalized spacial score (nSPS) is 9.12. The van der Waals surface area contributed by atoms with Crippen LogP contribution in [0.15, 0.2) is 0 Å². The van der Waals surface area contributed by atoms with E-state index in [-0.39, 0.29) is 0 Å². The summed E-state index contributed by atoms with van der Waals surface area (Å²) in [6, 6.07) is 0. The molecule has 0 aromatic rings. The molecule has 0 rings (SSSR count). The highest BCUT2D eigenvalue weighted by molar-refractivity contribution is 5.76. The van der Waals surface area contributed by atoms with Crippen molar-refractivity contribution in [3.63, 3.8) is 0 Å². The Morgan fingerprint density at radius 2 is 2.38 bits per heavy atom. The van der Waals surface area contributed by atoms with Gasteiger partial charge in [0.2, 0.25) is 0 Å². The zero-order valence-corrected chi connectivity index (χ0v) is 4.76. The SMILES string of the molecule is [CH2]CCC[CH]C(=O)O. The first-order chi connectivity index (χ1) is 3.77. The number of carboxylic acid groups (broad SMARTS) is 1. The zero-order valence-electron chi connectivity index (χ0n) is 4.76. The Hall–Kier alpha value is -0.530. The maximum atomic E-state index is 9.80. The second kappa shape index (κ2) is 4.62. The van der Waals surface area contributed by atoms with E-state index in [9.17, 15) is 4.79 Å². The average molecular weight is 114 g/mol. The number of hydrogen-bond donors (Lipinski definition) is 1. The number of unbranched alkanes of at least 4 members (excludes halogenated alkanes) is 2. The van der Waals surface area contributed by atoms with Crippen molar-refractivity contribution in [3.05, 3.63) is 13.3 Å². The van der Waals surface area contributed by atoms with Crippen LogP contribution in [-0.2, 0) is 4.79 Å². The van der Waals surface area contributed by atoms with Gasteiger partial charge in [0.1, 0.15) is 0 Å². The molecule has 0 bridgehead atoms. The molecule has 0 aliphatic rings. The highest BCUT2D eigenvalue weighted by Gasteiger charge is 1.93. The van der Waals surface area contributed by atoms with Gasteiger partial charge in [0.25, 0.3) is 0 Å². The van der Waals surface area contributed by atoms with E-state index in [2.05, 4.69) is 6.92 Å². The Balaban J connectivity index is 2.82. The lowest BCUT2D eigenvalue weighted by atomic mass is 10.2. The van der Waals surface area contributed by atoms with Gasteiger partial charge in [-0.2, -0.15) is 0 Å². The van der Waals surface area contributed by atoms with Gasteiger partial charge in [0.05, 0.1) is 6.42 Å². The Kier molecular flexibility index (Phi) is 4.32. The summed E-state index contributed by atoms with van der Waals surface area (Å²) in [7, 11) is 0. The minimum absolute atomic E-state index is 0.638. The fraction of sp³-hybridized carbons (Fsp3) is 0.500. The molecule has 2 radical (unpaired) electrons. The molecule has 0 atom stereocenters. The summed E-state index contributed by atoms with van der Waals surface area (Å²) in [5, 5.41) is 8.06. The van der Waals surface area contributed by atoms with Crippen molar-refractivity contribution in [2.75, 3.05) is 0 Å². The smallest absolute Gasteiger partial charge is 0.307 e. The van der Waals surface area contributed by atoms with Crippen molar-refractivity contribution in [1.82, 2.24) is 0 Å². The molecule has 1 N–H and O–H groups in total. The van der Waals surface area contributed by atoms with Crippen molar-refractivity contribution in [2.45, 2.75) is 19.3 Å². The number of aliphatic carboxylic acids is 1. The predicted octanol–water partition coefficient (Wildman–Crippen LogP) is 1.28. The van der Waals surface area contributed by atoms with Gasteiger partial charge in [-0.05, 0) is 6.42 Å². The molecule has 2 heteroatoms. The van der Waals surface area contributed by atoms with Crippen LogP contribution in [0.4, 0.5) is 0 Å². The zero-order chi connectivity index (χ0) is 6.41. The maximum Gasteiger partial charge on any atom is 0.307 e. The van der Waals surface area contributed by atoms with Gasteiger partial charge in [-0.25, -0.2) is 0 Å². The number of hydrogen-bond acceptors (Lipinski definition) is 1. The molecule has 0 amide bonds. The molecule has 2 nitrogen and oxygen atoms in total. The molecular formula is C6H10O2. The Morgan fingerprint density at radius 3 is 2.75 bits per heavy atom. The van der Waals surface area contributed by atoms with Crippen molar-refractivity contribution in [1.29, 1.82) is 0 Å². The minimum atomic E-state index is -0.835. The van der Waals surface area contributed by atoms with E-state index in [4.69, 9.17) is 5.11 Å². The fourth-order valence-electron chi connectivity index (χ4n) is 0.370. The molecule has 0 spiro atoms. The first kappa shape index (κ1) is 7.47. The van der Waals surface area contributed by atoms with Crippen LogP contribution in [0, 0.1) is 13.3 Å². The Labute approximate surface area is 49.5 Å². The van der Waals surface area contributed by atoms with Crippen LogP contribution in [0.3, 0.4) is 0 Å². The second-order valence-corrected chi connectivity index (χ2v) is 1.54. The third-order valence-electron chi connectivity index (χ3n) is 0.773. The van der Waals surface area contributed by atoms with Gasteiger partial charge in [0.15, 0.2) is 0 Å². The Bertz CT molecular complexity index is 68.9. The third-order valence-corrected chi connectivity index (χ3v) is 0.773. The number of carbonyl (C=O) groups is 1. The van der Waals surface area contributed by atoms with Crippen molar-refractivity contribution in [3.8, 4) is 0 Å². The molecule has 0 saturated carbocycles. The largest absolute Gasteiger partial charge is 0.481 e. The van der Waals surface area contributed by atoms with E-state index >= 15 is 0 Å². The summed E-state index contributed by atoms with van der Waals surface area (Å²) < 4.78 is 0. The molecule has 0 aliphatic carbocycles. The van der Waals surface area contributed by atoms with Crippen LogP contribution in [0.5, 0.6) is 0 Å². The predicted molar refractivity (Wildman–Crippen MR) is 31.1 cm³/mol. The van der Waals surface area contributed by atoms with Gasteiger partial charge in [-0.3, -0.25) is 4.79 Å². The van der Waals surface area contributed by atoms with Crippen molar-refractivity contribution in [2.24, 2.45) is 0 Å². The minimum Gasteiger partial charge on any atom is -0.481 e. The standard InChI is InChI=1S/C6H10O2/c1-2-3-4-5-6(7)8/h5H,1-4H2,(H,7,8). The van der Waals surface area contributed by atoms with E-state index in [1.807, 2.05) is 0 Å². The topological polar surface area (TPSA) is 37.3 Å². The van der Waals surface area contributed by atoms with Crippen LogP contribution >= 0.6 is 0 Å². The van der Waals surface area contributed by atoms with Gasteiger partial charge < -0.3 is 5.11 Å². The molecule has 8 heavy (non-hydrogen) atoms. The monoisotopic (exact) mass is 114 g/mol. The second-order valence-electron chi connectivity index (χ2n) is 1.54. The molecule has 0 heterocycles. The third kappa shape index (κ3) is 5.47. The van der Waals surface area contributed by atoms with E-state index < -0.39 is 5.97 Å². The van der Waals surface area contributed by atoms with E-state index in [1.165, 1.54) is 6.42 Å². The molecular weight excluding hydrogens is 104 g/mol. The maximum absolute atomic E-state index is 9.80. The van der Waals surface area contributed by atoms with Gasteiger partial charge in [-0.1, -0.05) is 19.8 Å². The van der Waals surface area contributed by atoms with Gasteiger partial charge in [0, 0.05) is 0 Å². The van der Waals surface area contributed by atoms with Gasteiger partial charge >= 0.3 is 5.97 Å². The highest BCUT2D eigenvalue weighted by Crippen LogP contribution is 1.95. The lowest BCUT2D eigenvalue weighted by molar-refractivity contribution is -0.133. The number of rotatable bonds is 4. The summed E-state index contributed by atoms with van der Waals surface area (Å²) in [5.41, 5.74) is 0. The van der Waals surface area contributed by atoms with Gasteiger partial charge in [-0.15, -0.1) is 0 Å². The number of carboxylic acids is 1.